The maximum absolute atomic E-state index is 13.2. The molecule has 0 bridgehead atoms. The molecule has 3 nitrogen and oxygen atoms in total. The maximum atomic E-state index is 13.2. The highest BCUT2D eigenvalue weighted by molar-refractivity contribution is 7.99. The molecule has 1 aromatic carbocycles. The monoisotopic (exact) mass is 262 g/mol. The van der Waals surface area contributed by atoms with Crippen LogP contribution in [-0.4, -0.2) is 29.5 Å². The number of hydrogen-bond donors (Lipinski definition) is 1. The molecule has 0 aromatic heterocycles. The van der Waals surface area contributed by atoms with Gasteiger partial charge in [0.15, 0.2) is 6.10 Å². The minimum absolute atomic E-state index is 0.0313. The number of carbonyl (C=O) groups is 1. The fourth-order valence-electron chi connectivity index (χ4n) is 1.15. The third-order valence-corrected chi connectivity index (χ3v) is 3.02. The molecule has 0 saturated heterocycles. The standard InChI is InChI=1S/C11H12F2O3S/c1-2-16-9(11(14)15)6-17-10-5-7(12)3-4-8(10)13/h3-5,9H,2,6H2,1H3,(H,14,15). The fraction of sp³-hybridized carbons (Fsp3) is 0.364. The summed E-state index contributed by atoms with van der Waals surface area (Å²) in [5.41, 5.74) is 0. The molecule has 6 heteroatoms. The van der Waals surface area contributed by atoms with Crippen molar-refractivity contribution >= 4 is 17.7 Å². The van der Waals surface area contributed by atoms with E-state index in [9.17, 15) is 13.6 Å². The fourth-order valence-corrected chi connectivity index (χ4v) is 2.12. The van der Waals surface area contributed by atoms with Crippen LogP contribution in [0.15, 0.2) is 23.1 Å². The number of rotatable bonds is 6. The van der Waals surface area contributed by atoms with E-state index in [0.29, 0.717) is 0 Å². The van der Waals surface area contributed by atoms with Gasteiger partial charge in [-0.2, -0.15) is 0 Å². The Balaban J connectivity index is 2.64. The number of halogens is 2. The predicted octanol–water partition coefficient (Wildman–Crippen LogP) is 2.55. The minimum atomic E-state index is -1.11. The molecule has 1 unspecified atom stereocenters. The first-order valence-corrected chi connectivity index (χ1v) is 5.95. The van der Waals surface area contributed by atoms with Crippen LogP contribution in [0.5, 0.6) is 0 Å². The second-order valence-electron chi connectivity index (χ2n) is 3.17. The average molecular weight is 262 g/mol. The van der Waals surface area contributed by atoms with Crippen molar-refractivity contribution in [3.63, 3.8) is 0 Å². The molecule has 0 spiro atoms. The van der Waals surface area contributed by atoms with Crippen molar-refractivity contribution in [1.29, 1.82) is 0 Å². The molecule has 0 radical (unpaired) electrons. The van der Waals surface area contributed by atoms with Gasteiger partial charge in [-0.15, -0.1) is 11.8 Å². The van der Waals surface area contributed by atoms with Gasteiger partial charge in [0.1, 0.15) is 11.6 Å². The lowest BCUT2D eigenvalue weighted by atomic mass is 10.3. The number of ether oxygens (including phenoxy) is 1. The Bertz CT molecular complexity index is 398. The first-order chi connectivity index (χ1) is 8.04. The van der Waals surface area contributed by atoms with Gasteiger partial charge in [0.05, 0.1) is 0 Å². The van der Waals surface area contributed by atoms with Crippen molar-refractivity contribution in [3.05, 3.63) is 29.8 Å². The number of thioether (sulfide) groups is 1. The SMILES string of the molecule is CCOC(CSc1cc(F)ccc1F)C(=O)O. The summed E-state index contributed by atoms with van der Waals surface area (Å²) in [6.45, 7) is 1.92. The van der Waals surface area contributed by atoms with Crippen LogP contribution in [-0.2, 0) is 9.53 Å². The molecular weight excluding hydrogens is 250 g/mol. The zero-order chi connectivity index (χ0) is 12.8. The number of benzene rings is 1. The van der Waals surface area contributed by atoms with E-state index in [-0.39, 0.29) is 17.3 Å². The number of carboxylic acids is 1. The van der Waals surface area contributed by atoms with Gasteiger partial charge in [-0.1, -0.05) is 0 Å². The van der Waals surface area contributed by atoms with Gasteiger partial charge in [-0.05, 0) is 25.1 Å². The van der Waals surface area contributed by atoms with E-state index in [1.807, 2.05) is 0 Å². The summed E-state index contributed by atoms with van der Waals surface area (Å²) in [6, 6.07) is 3.05. The maximum Gasteiger partial charge on any atom is 0.333 e. The van der Waals surface area contributed by atoms with Crippen LogP contribution in [0.2, 0.25) is 0 Å². The number of carboxylic acid groups (broad SMARTS) is 1. The Morgan fingerprint density at radius 3 is 2.82 bits per heavy atom. The van der Waals surface area contributed by atoms with Gasteiger partial charge in [0.2, 0.25) is 0 Å². The Kier molecular flexibility index (Phi) is 5.37. The van der Waals surface area contributed by atoms with E-state index in [2.05, 4.69) is 0 Å². The topological polar surface area (TPSA) is 46.5 Å². The predicted molar refractivity (Wildman–Crippen MR) is 60.1 cm³/mol. The normalized spacial score (nSPS) is 12.4. The lowest BCUT2D eigenvalue weighted by Gasteiger charge is -2.11. The summed E-state index contributed by atoms with van der Waals surface area (Å²) in [6.07, 6.45) is -1.02. The van der Waals surface area contributed by atoms with Crippen molar-refractivity contribution in [2.75, 3.05) is 12.4 Å². The van der Waals surface area contributed by atoms with Gasteiger partial charge in [-0.25, -0.2) is 13.6 Å². The third kappa shape index (κ3) is 4.32. The van der Waals surface area contributed by atoms with Gasteiger partial charge < -0.3 is 9.84 Å². The van der Waals surface area contributed by atoms with Gasteiger partial charge in [-0.3, -0.25) is 0 Å². The second kappa shape index (κ2) is 6.56. The molecule has 0 amide bonds. The summed E-state index contributed by atoms with van der Waals surface area (Å²) >= 11 is 0.917. The van der Waals surface area contributed by atoms with E-state index >= 15 is 0 Å². The van der Waals surface area contributed by atoms with Crippen molar-refractivity contribution in [1.82, 2.24) is 0 Å². The Hall–Kier alpha value is -1.14. The van der Waals surface area contributed by atoms with E-state index < -0.39 is 23.7 Å². The van der Waals surface area contributed by atoms with E-state index in [1.165, 1.54) is 0 Å². The molecular formula is C11H12F2O3S. The Morgan fingerprint density at radius 2 is 2.24 bits per heavy atom. The molecule has 0 aliphatic carbocycles. The van der Waals surface area contributed by atoms with Crippen LogP contribution < -0.4 is 0 Å². The molecule has 1 N–H and O–H groups in total. The van der Waals surface area contributed by atoms with Crippen molar-refractivity contribution in [2.24, 2.45) is 0 Å². The first-order valence-electron chi connectivity index (χ1n) is 4.96. The highest BCUT2D eigenvalue weighted by Gasteiger charge is 2.18. The van der Waals surface area contributed by atoms with Crippen LogP contribution in [0.1, 0.15) is 6.92 Å². The molecule has 0 heterocycles. The lowest BCUT2D eigenvalue weighted by Crippen LogP contribution is -2.26. The van der Waals surface area contributed by atoms with Crippen LogP contribution in [0.3, 0.4) is 0 Å². The molecule has 0 aliphatic heterocycles. The van der Waals surface area contributed by atoms with Crippen molar-refractivity contribution in [3.8, 4) is 0 Å². The molecule has 0 fully saturated rings. The minimum Gasteiger partial charge on any atom is -0.479 e. The Morgan fingerprint density at radius 1 is 1.53 bits per heavy atom. The summed E-state index contributed by atoms with van der Waals surface area (Å²) < 4.78 is 31.0. The lowest BCUT2D eigenvalue weighted by molar-refractivity contribution is -0.148. The first kappa shape index (κ1) is 13.9. The van der Waals surface area contributed by atoms with Gasteiger partial charge in [0.25, 0.3) is 0 Å². The average Bonchev–Trinajstić information content (AvgIpc) is 2.28. The van der Waals surface area contributed by atoms with Crippen LogP contribution in [0.4, 0.5) is 8.78 Å². The van der Waals surface area contributed by atoms with E-state index in [4.69, 9.17) is 9.84 Å². The summed E-state index contributed by atoms with van der Waals surface area (Å²) in [7, 11) is 0. The van der Waals surface area contributed by atoms with Crippen LogP contribution in [0.25, 0.3) is 0 Å². The molecule has 0 saturated carbocycles. The molecule has 17 heavy (non-hydrogen) atoms. The number of aliphatic carboxylic acids is 1. The van der Waals surface area contributed by atoms with Crippen LogP contribution >= 0.6 is 11.8 Å². The van der Waals surface area contributed by atoms with Crippen molar-refractivity contribution < 1.29 is 23.4 Å². The summed E-state index contributed by atoms with van der Waals surface area (Å²) in [4.78, 5) is 10.8. The molecule has 1 atom stereocenters. The van der Waals surface area contributed by atoms with E-state index in [1.54, 1.807) is 6.92 Å². The zero-order valence-electron chi connectivity index (χ0n) is 9.15. The van der Waals surface area contributed by atoms with Crippen molar-refractivity contribution in [2.45, 2.75) is 17.9 Å². The second-order valence-corrected chi connectivity index (χ2v) is 4.23. The zero-order valence-corrected chi connectivity index (χ0v) is 9.97. The number of hydrogen-bond acceptors (Lipinski definition) is 3. The quantitative estimate of drug-likeness (QED) is 0.800. The molecule has 0 aliphatic rings. The molecule has 94 valence electrons. The molecule has 1 rings (SSSR count). The summed E-state index contributed by atoms with van der Waals surface area (Å²) in [5, 5.41) is 8.80. The van der Waals surface area contributed by atoms with Gasteiger partial charge in [0, 0.05) is 17.3 Å². The highest BCUT2D eigenvalue weighted by Crippen LogP contribution is 2.23. The molecule has 1 aromatic rings. The van der Waals surface area contributed by atoms with E-state index in [0.717, 1.165) is 30.0 Å². The smallest absolute Gasteiger partial charge is 0.333 e. The summed E-state index contributed by atoms with van der Waals surface area (Å²) in [5.74, 6) is -2.21. The van der Waals surface area contributed by atoms with Crippen LogP contribution in [0, 0.1) is 11.6 Å². The highest BCUT2D eigenvalue weighted by atomic mass is 32.2. The Labute approximate surface area is 102 Å². The largest absolute Gasteiger partial charge is 0.479 e. The van der Waals surface area contributed by atoms with Gasteiger partial charge >= 0.3 is 5.97 Å². The third-order valence-electron chi connectivity index (χ3n) is 1.93.